The molecule has 0 bridgehead atoms. The zero-order chi connectivity index (χ0) is 30.9. The number of hydrogen-bond donors (Lipinski definition) is 0. The van der Waals surface area contributed by atoms with E-state index in [0.29, 0.717) is 70.4 Å². The summed E-state index contributed by atoms with van der Waals surface area (Å²) in [7, 11) is 0. The number of ether oxygens (including phenoxy) is 3. The topological polar surface area (TPSA) is 94.8 Å². The second-order valence-corrected chi connectivity index (χ2v) is 11.7. The molecule has 1 aliphatic heterocycles. The van der Waals surface area contributed by atoms with Crippen LogP contribution in [0.25, 0.3) is 10.9 Å². The largest absolute Gasteiger partial charge is 0.472 e. The molecular formula is C29H36F4N6O4. The van der Waals surface area contributed by atoms with E-state index in [2.05, 4.69) is 14.9 Å². The minimum Gasteiger partial charge on any atom is -0.472 e. The first kappa shape index (κ1) is 30.8. The van der Waals surface area contributed by atoms with Gasteiger partial charge in [0, 0.05) is 38.1 Å². The Morgan fingerprint density at radius 1 is 1.12 bits per heavy atom. The number of pyridine rings is 2. The Hall–Kier alpha value is -3.68. The van der Waals surface area contributed by atoms with Crippen molar-refractivity contribution in [3.8, 4) is 5.88 Å². The van der Waals surface area contributed by atoms with Crippen molar-refractivity contribution in [3.63, 3.8) is 0 Å². The lowest BCUT2D eigenvalue weighted by molar-refractivity contribution is -0.140. The summed E-state index contributed by atoms with van der Waals surface area (Å²) >= 11 is 0. The van der Waals surface area contributed by atoms with E-state index in [1.165, 1.54) is 4.90 Å². The monoisotopic (exact) mass is 608 g/mol. The standard InChI is InChI=1S/C29H36F4N6O4/c1-5-38(27(40)43-28(2,3)4)23-16-22-20(17-35-23)25(37-12-14-41-15-13-37)36-39(22)18-6-8-19(9-7-18)42-26-24(30)21(10-11-34-26)29(31,32)33/h10-11,16-19H,5-9,12-15H2,1-4H3. The molecule has 2 fully saturated rings. The number of carbonyl (C=O) groups is 1. The maximum atomic E-state index is 14.5. The summed E-state index contributed by atoms with van der Waals surface area (Å²) in [4.78, 5) is 24.9. The fourth-order valence-electron chi connectivity index (χ4n) is 5.43. The number of rotatable bonds is 6. The van der Waals surface area contributed by atoms with Gasteiger partial charge in [0.25, 0.3) is 5.88 Å². The SMILES string of the molecule is CCN(C(=O)OC(C)(C)C)c1cc2c(cn1)c(N1CCOCC1)nn2C1CCC(Oc2nccc(C(F)(F)F)c2F)CC1. The molecule has 0 spiro atoms. The maximum Gasteiger partial charge on any atom is 0.419 e. The molecule has 3 aromatic rings. The van der Waals surface area contributed by atoms with E-state index < -0.39 is 41.2 Å². The number of carbonyl (C=O) groups excluding carboxylic acids is 1. The predicted octanol–water partition coefficient (Wildman–Crippen LogP) is 6.14. The second-order valence-electron chi connectivity index (χ2n) is 11.7. The van der Waals surface area contributed by atoms with E-state index in [1.54, 1.807) is 27.0 Å². The molecule has 5 rings (SSSR count). The summed E-state index contributed by atoms with van der Waals surface area (Å²) in [6, 6.07) is 2.37. The molecule has 1 amide bonds. The Morgan fingerprint density at radius 2 is 1.81 bits per heavy atom. The van der Waals surface area contributed by atoms with Crippen molar-refractivity contribution in [1.82, 2.24) is 19.7 Å². The van der Waals surface area contributed by atoms with E-state index in [1.807, 2.05) is 17.7 Å². The smallest absolute Gasteiger partial charge is 0.419 e. The third-order valence-corrected chi connectivity index (χ3v) is 7.51. The average molecular weight is 609 g/mol. The zero-order valence-electron chi connectivity index (χ0n) is 24.7. The van der Waals surface area contributed by atoms with E-state index in [0.717, 1.165) is 22.9 Å². The highest BCUT2D eigenvalue weighted by Gasteiger charge is 2.37. The van der Waals surface area contributed by atoms with Gasteiger partial charge in [0.05, 0.1) is 35.7 Å². The number of aromatic nitrogens is 4. The number of anilines is 2. The van der Waals surface area contributed by atoms with Crippen LogP contribution in [0, 0.1) is 5.82 Å². The number of fused-ring (bicyclic) bond motifs is 1. The molecule has 14 heteroatoms. The van der Waals surface area contributed by atoms with Crippen molar-refractivity contribution in [2.75, 3.05) is 42.6 Å². The first-order valence-electron chi connectivity index (χ1n) is 14.5. The highest BCUT2D eigenvalue weighted by Crippen LogP contribution is 2.38. The van der Waals surface area contributed by atoms with Crippen LogP contribution in [0.3, 0.4) is 0 Å². The fraction of sp³-hybridized carbons (Fsp3) is 0.586. The lowest BCUT2D eigenvalue weighted by Crippen LogP contribution is -2.37. The molecule has 0 atom stereocenters. The molecule has 10 nitrogen and oxygen atoms in total. The number of morpholine rings is 1. The van der Waals surface area contributed by atoms with Crippen LogP contribution >= 0.6 is 0 Å². The van der Waals surface area contributed by atoms with Gasteiger partial charge in [-0.05, 0) is 59.4 Å². The van der Waals surface area contributed by atoms with Gasteiger partial charge in [-0.3, -0.25) is 9.58 Å². The van der Waals surface area contributed by atoms with Crippen LogP contribution in [-0.4, -0.2) is 70.4 Å². The Balaban J connectivity index is 1.41. The molecule has 234 valence electrons. The number of amides is 1. The summed E-state index contributed by atoms with van der Waals surface area (Å²) in [6.07, 6.45) is -1.11. The third kappa shape index (κ3) is 6.78. The van der Waals surface area contributed by atoms with Crippen molar-refractivity contribution in [2.24, 2.45) is 0 Å². The Kier molecular flexibility index (Phi) is 8.68. The van der Waals surface area contributed by atoms with Gasteiger partial charge in [0.15, 0.2) is 11.6 Å². The number of nitrogens with zero attached hydrogens (tertiary/aromatic N) is 6. The van der Waals surface area contributed by atoms with Crippen molar-refractivity contribution < 1.29 is 36.6 Å². The van der Waals surface area contributed by atoms with Crippen LogP contribution < -0.4 is 14.5 Å². The third-order valence-electron chi connectivity index (χ3n) is 7.51. The Morgan fingerprint density at radius 3 is 2.44 bits per heavy atom. The van der Waals surface area contributed by atoms with Crippen LogP contribution in [0.5, 0.6) is 5.88 Å². The van der Waals surface area contributed by atoms with Crippen molar-refractivity contribution in [3.05, 3.63) is 35.9 Å². The quantitative estimate of drug-likeness (QED) is 0.308. The molecule has 0 N–H and O–H groups in total. The zero-order valence-corrected chi connectivity index (χ0v) is 24.7. The van der Waals surface area contributed by atoms with Gasteiger partial charge in [0.2, 0.25) is 0 Å². The fourth-order valence-corrected chi connectivity index (χ4v) is 5.43. The van der Waals surface area contributed by atoms with Gasteiger partial charge in [-0.15, -0.1) is 0 Å². The normalized spacial score (nSPS) is 19.9. The van der Waals surface area contributed by atoms with Crippen molar-refractivity contribution in [1.29, 1.82) is 0 Å². The summed E-state index contributed by atoms with van der Waals surface area (Å²) in [6.45, 7) is 10.1. The van der Waals surface area contributed by atoms with Gasteiger partial charge in [0.1, 0.15) is 17.5 Å². The summed E-state index contributed by atoms with van der Waals surface area (Å²) < 4.78 is 72.7. The predicted molar refractivity (Wildman–Crippen MR) is 151 cm³/mol. The molecule has 2 aliphatic rings. The van der Waals surface area contributed by atoms with Crippen LogP contribution in [-0.2, 0) is 15.7 Å². The molecule has 4 heterocycles. The van der Waals surface area contributed by atoms with Gasteiger partial charge in [-0.2, -0.15) is 18.3 Å². The van der Waals surface area contributed by atoms with E-state index in [-0.39, 0.29) is 6.04 Å². The molecule has 1 saturated heterocycles. The summed E-state index contributed by atoms with van der Waals surface area (Å²) in [5.41, 5.74) is -1.28. The summed E-state index contributed by atoms with van der Waals surface area (Å²) in [5, 5.41) is 5.84. The number of hydrogen-bond acceptors (Lipinski definition) is 8. The molecule has 1 aliphatic carbocycles. The average Bonchev–Trinajstić information content (AvgIpc) is 3.33. The maximum absolute atomic E-state index is 14.5. The molecule has 0 radical (unpaired) electrons. The number of alkyl halides is 3. The summed E-state index contributed by atoms with van der Waals surface area (Å²) in [5.74, 6) is -0.945. The van der Waals surface area contributed by atoms with Gasteiger partial charge < -0.3 is 19.1 Å². The first-order chi connectivity index (χ1) is 20.4. The van der Waals surface area contributed by atoms with Gasteiger partial charge in [-0.25, -0.2) is 19.2 Å². The number of halogens is 4. The van der Waals surface area contributed by atoms with Crippen LogP contribution in [0.15, 0.2) is 24.5 Å². The van der Waals surface area contributed by atoms with Gasteiger partial charge in [-0.1, -0.05) is 0 Å². The van der Waals surface area contributed by atoms with Crippen LogP contribution in [0.1, 0.15) is 65.0 Å². The first-order valence-corrected chi connectivity index (χ1v) is 14.5. The minimum atomic E-state index is -4.84. The Bertz CT molecular complexity index is 1440. The molecule has 3 aromatic heterocycles. The van der Waals surface area contributed by atoms with E-state index in [9.17, 15) is 22.4 Å². The van der Waals surface area contributed by atoms with Crippen LogP contribution in [0.2, 0.25) is 0 Å². The van der Waals surface area contributed by atoms with E-state index >= 15 is 0 Å². The molecular weight excluding hydrogens is 572 g/mol. The van der Waals surface area contributed by atoms with Crippen molar-refractivity contribution >= 4 is 28.6 Å². The van der Waals surface area contributed by atoms with Crippen LogP contribution in [0.4, 0.5) is 34.0 Å². The Labute approximate surface area is 246 Å². The second kappa shape index (κ2) is 12.1. The van der Waals surface area contributed by atoms with E-state index in [4.69, 9.17) is 19.3 Å². The van der Waals surface area contributed by atoms with Gasteiger partial charge >= 0.3 is 12.3 Å². The minimum absolute atomic E-state index is 0.0664. The molecule has 0 unspecified atom stereocenters. The van der Waals surface area contributed by atoms with Crippen molar-refractivity contribution in [2.45, 2.75) is 77.3 Å². The molecule has 43 heavy (non-hydrogen) atoms. The lowest BCUT2D eigenvalue weighted by Gasteiger charge is -2.30. The highest BCUT2D eigenvalue weighted by molar-refractivity contribution is 5.94. The lowest BCUT2D eigenvalue weighted by atomic mass is 9.93. The molecule has 0 aromatic carbocycles. The highest BCUT2D eigenvalue weighted by atomic mass is 19.4. The molecule has 1 saturated carbocycles.